The molecule has 0 radical (unpaired) electrons. The highest BCUT2D eigenvalue weighted by atomic mass is 16.6. The van der Waals surface area contributed by atoms with Crippen molar-refractivity contribution in [3.8, 4) is 0 Å². The van der Waals surface area contributed by atoms with E-state index in [1.165, 1.54) is 244 Å². The number of rotatable bonds is 57. The summed E-state index contributed by atoms with van der Waals surface area (Å²) in [4.78, 5) is 38.2. The Morgan fingerprint density at radius 3 is 0.779 bits per heavy atom. The molecule has 0 saturated heterocycles. The SMILES string of the molecule is CCCC/C=C\CCCCCCCC(=O)OCC(COC(=O)CCCCCCCCCCCCCCCCCCCCCCC)OC(=O)CCCCCCCCCCCCCCCCCCCC. The first-order valence-electron chi connectivity index (χ1n) is 30.7. The third kappa shape index (κ3) is 55.1. The summed E-state index contributed by atoms with van der Waals surface area (Å²) in [5.74, 6) is -0.849. The molecule has 0 N–H and O–H groups in total. The number of esters is 3. The first-order chi connectivity index (χ1) is 33.5. The van der Waals surface area contributed by atoms with Crippen molar-refractivity contribution in [1.29, 1.82) is 0 Å². The van der Waals surface area contributed by atoms with Crippen LogP contribution in [0, 0.1) is 0 Å². The van der Waals surface area contributed by atoms with E-state index in [4.69, 9.17) is 14.2 Å². The fourth-order valence-electron chi connectivity index (χ4n) is 9.37. The summed E-state index contributed by atoms with van der Waals surface area (Å²) in [6.45, 7) is 6.66. The van der Waals surface area contributed by atoms with E-state index >= 15 is 0 Å². The Balaban J connectivity index is 4.22. The largest absolute Gasteiger partial charge is 0.462 e. The van der Waals surface area contributed by atoms with Gasteiger partial charge in [-0.25, -0.2) is 0 Å². The molecule has 0 rings (SSSR count). The minimum Gasteiger partial charge on any atom is -0.462 e. The highest BCUT2D eigenvalue weighted by molar-refractivity contribution is 5.71. The average Bonchev–Trinajstić information content (AvgIpc) is 3.34. The monoisotopic (exact) mass is 959 g/mol. The summed E-state index contributed by atoms with van der Waals surface area (Å²) < 4.78 is 16.9. The van der Waals surface area contributed by atoms with Crippen LogP contribution in [0.15, 0.2) is 12.2 Å². The van der Waals surface area contributed by atoms with E-state index in [-0.39, 0.29) is 31.1 Å². The quantitative estimate of drug-likeness (QED) is 0.0262. The van der Waals surface area contributed by atoms with Crippen molar-refractivity contribution in [2.45, 2.75) is 354 Å². The molecule has 402 valence electrons. The van der Waals surface area contributed by atoms with E-state index in [2.05, 4.69) is 32.9 Å². The molecule has 0 saturated carbocycles. The highest BCUT2D eigenvalue weighted by Crippen LogP contribution is 2.18. The van der Waals surface area contributed by atoms with Gasteiger partial charge in [0.1, 0.15) is 13.2 Å². The van der Waals surface area contributed by atoms with E-state index in [0.717, 1.165) is 64.2 Å². The van der Waals surface area contributed by atoms with Gasteiger partial charge in [-0.15, -0.1) is 0 Å². The van der Waals surface area contributed by atoms with Crippen molar-refractivity contribution in [3.05, 3.63) is 12.2 Å². The molecule has 68 heavy (non-hydrogen) atoms. The third-order valence-electron chi connectivity index (χ3n) is 14.0. The zero-order chi connectivity index (χ0) is 49.3. The van der Waals surface area contributed by atoms with Gasteiger partial charge in [0.2, 0.25) is 0 Å². The van der Waals surface area contributed by atoms with Crippen LogP contribution in [0.5, 0.6) is 0 Å². The van der Waals surface area contributed by atoms with E-state index in [1.54, 1.807) is 0 Å². The van der Waals surface area contributed by atoms with Crippen molar-refractivity contribution < 1.29 is 28.6 Å². The lowest BCUT2D eigenvalue weighted by molar-refractivity contribution is -0.167. The number of hydrogen-bond donors (Lipinski definition) is 0. The number of ether oxygens (including phenoxy) is 3. The summed E-state index contributed by atoms with van der Waals surface area (Å²) in [6.07, 6.45) is 66.5. The Hall–Kier alpha value is -1.85. The van der Waals surface area contributed by atoms with Crippen LogP contribution in [0.2, 0.25) is 0 Å². The molecule has 0 aliphatic carbocycles. The number of unbranched alkanes of at least 4 members (excludes halogenated alkanes) is 44. The predicted molar refractivity (Wildman–Crippen MR) is 293 cm³/mol. The maximum atomic E-state index is 12.9. The molecule has 0 aromatic heterocycles. The van der Waals surface area contributed by atoms with Crippen LogP contribution in [-0.2, 0) is 28.6 Å². The molecule has 6 nitrogen and oxygen atoms in total. The first kappa shape index (κ1) is 66.2. The molecule has 1 unspecified atom stereocenters. The van der Waals surface area contributed by atoms with Gasteiger partial charge in [0, 0.05) is 19.3 Å². The molecule has 0 aliphatic heterocycles. The van der Waals surface area contributed by atoms with Gasteiger partial charge in [-0.05, 0) is 38.5 Å². The van der Waals surface area contributed by atoms with Crippen LogP contribution in [-0.4, -0.2) is 37.2 Å². The van der Waals surface area contributed by atoms with E-state index in [1.807, 2.05) is 0 Å². The first-order valence-corrected chi connectivity index (χ1v) is 30.7. The number of carbonyl (C=O) groups is 3. The lowest BCUT2D eigenvalue weighted by Gasteiger charge is -2.18. The summed E-state index contributed by atoms with van der Waals surface area (Å²) in [5.41, 5.74) is 0. The summed E-state index contributed by atoms with van der Waals surface area (Å²) in [6, 6.07) is 0. The van der Waals surface area contributed by atoms with E-state index in [0.29, 0.717) is 19.3 Å². The molecule has 0 fully saturated rings. The topological polar surface area (TPSA) is 78.9 Å². The van der Waals surface area contributed by atoms with Gasteiger partial charge in [0.25, 0.3) is 0 Å². The molecule has 0 bridgehead atoms. The standard InChI is InChI=1S/C62H118O6/c1-4-7-10-13-16-19-22-24-26-28-30-31-32-34-35-37-40-43-46-49-52-55-61(64)67-58-59(57-66-60(63)54-51-48-45-42-39-21-18-15-12-9-6-3)68-62(65)56-53-50-47-44-41-38-36-33-29-27-25-23-20-17-14-11-8-5-2/h15,18,59H,4-14,16-17,19-58H2,1-3H3/b18-15-. The molecular formula is C62H118O6. The Kier molecular flexibility index (Phi) is 56.2. The lowest BCUT2D eigenvalue weighted by atomic mass is 10.0. The van der Waals surface area contributed by atoms with Gasteiger partial charge in [-0.3, -0.25) is 14.4 Å². The fourth-order valence-corrected chi connectivity index (χ4v) is 9.37. The zero-order valence-electron chi connectivity index (χ0n) is 46.2. The third-order valence-corrected chi connectivity index (χ3v) is 14.0. The normalized spacial score (nSPS) is 12.0. The van der Waals surface area contributed by atoms with Crippen LogP contribution in [0.25, 0.3) is 0 Å². The molecule has 0 aromatic rings. The molecule has 0 spiro atoms. The zero-order valence-corrected chi connectivity index (χ0v) is 46.2. The molecule has 0 aromatic carbocycles. The highest BCUT2D eigenvalue weighted by Gasteiger charge is 2.19. The van der Waals surface area contributed by atoms with Crippen LogP contribution >= 0.6 is 0 Å². The molecule has 6 heteroatoms. The van der Waals surface area contributed by atoms with Crippen LogP contribution in [0.4, 0.5) is 0 Å². The van der Waals surface area contributed by atoms with E-state index in [9.17, 15) is 14.4 Å². The maximum Gasteiger partial charge on any atom is 0.306 e. The van der Waals surface area contributed by atoms with Gasteiger partial charge in [0.15, 0.2) is 6.10 Å². The Morgan fingerprint density at radius 1 is 0.279 bits per heavy atom. The molecular weight excluding hydrogens is 841 g/mol. The van der Waals surface area contributed by atoms with Crippen LogP contribution in [0.3, 0.4) is 0 Å². The van der Waals surface area contributed by atoms with Crippen molar-refractivity contribution in [1.82, 2.24) is 0 Å². The van der Waals surface area contributed by atoms with Crippen LogP contribution in [0.1, 0.15) is 348 Å². The summed E-state index contributed by atoms with van der Waals surface area (Å²) >= 11 is 0. The van der Waals surface area contributed by atoms with Gasteiger partial charge in [-0.1, -0.05) is 303 Å². The minimum absolute atomic E-state index is 0.0663. The smallest absolute Gasteiger partial charge is 0.306 e. The molecule has 0 heterocycles. The van der Waals surface area contributed by atoms with Gasteiger partial charge >= 0.3 is 17.9 Å². The molecule has 0 aliphatic rings. The Morgan fingerprint density at radius 2 is 0.500 bits per heavy atom. The predicted octanol–water partition coefficient (Wildman–Crippen LogP) is 20.5. The second-order valence-corrected chi connectivity index (χ2v) is 21.0. The van der Waals surface area contributed by atoms with Gasteiger partial charge in [0.05, 0.1) is 0 Å². The summed E-state index contributed by atoms with van der Waals surface area (Å²) in [5, 5.41) is 0. The maximum absolute atomic E-state index is 12.9. The van der Waals surface area contributed by atoms with Gasteiger partial charge in [-0.2, -0.15) is 0 Å². The number of hydrogen-bond acceptors (Lipinski definition) is 6. The van der Waals surface area contributed by atoms with Crippen LogP contribution < -0.4 is 0 Å². The van der Waals surface area contributed by atoms with E-state index < -0.39 is 6.10 Å². The van der Waals surface area contributed by atoms with Gasteiger partial charge < -0.3 is 14.2 Å². The molecule has 0 amide bonds. The summed E-state index contributed by atoms with van der Waals surface area (Å²) in [7, 11) is 0. The second kappa shape index (κ2) is 57.7. The number of allylic oxidation sites excluding steroid dienone is 2. The minimum atomic E-state index is -0.768. The fraction of sp³-hybridized carbons (Fsp3) is 0.919. The van der Waals surface area contributed by atoms with Crippen molar-refractivity contribution >= 4 is 17.9 Å². The molecule has 1 atom stereocenters. The average molecular weight is 960 g/mol. The van der Waals surface area contributed by atoms with Crippen molar-refractivity contribution in [3.63, 3.8) is 0 Å². The lowest BCUT2D eigenvalue weighted by Crippen LogP contribution is -2.30. The second-order valence-electron chi connectivity index (χ2n) is 21.0. The van der Waals surface area contributed by atoms with Crippen molar-refractivity contribution in [2.24, 2.45) is 0 Å². The Bertz CT molecular complexity index is 1060. The number of carbonyl (C=O) groups excluding carboxylic acids is 3. The Labute approximate surface area is 424 Å². The van der Waals surface area contributed by atoms with Crippen molar-refractivity contribution in [2.75, 3.05) is 13.2 Å².